The maximum absolute atomic E-state index is 14.4. The van der Waals surface area contributed by atoms with Gasteiger partial charge in [-0.3, -0.25) is 14.8 Å². The maximum Gasteiger partial charge on any atom is 0.238 e. The SMILES string of the molecule is O=C(CN1CCOCC1)Nc1cc2c(/C=C/c3ccc(F)c(F)c3)n[nH]c2cc1F. The highest BCUT2D eigenvalue weighted by atomic mass is 19.2. The number of carbonyl (C=O) groups is 1. The van der Waals surface area contributed by atoms with Gasteiger partial charge in [0.15, 0.2) is 11.6 Å². The first-order valence-corrected chi connectivity index (χ1v) is 9.40. The third-order valence-electron chi connectivity index (χ3n) is 4.80. The van der Waals surface area contributed by atoms with Gasteiger partial charge in [-0.1, -0.05) is 12.1 Å². The van der Waals surface area contributed by atoms with E-state index in [-0.39, 0.29) is 18.1 Å². The van der Waals surface area contributed by atoms with Crippen molar-refractivity contribution in [3.63, 3.8) is 0 Å². The van der Waals surface area contributed by atoms with E-state index in [2.05, 4.69) is 15.5 Å². The van der Waals surface area contributed by atoms with Crippen molar-refractivity contribution < 1.29 is 22.7 Å². The van der Waals surface area contributed by atoms with Crippen molar-refractivity contribution in [2.24, 2.45) is 0 Å². The van der Waals surface area contributed by atoms with Crippen LogP contribution < -0.4 is 5.32 Å². The summed E-state index contributed by atoms with van der Waals surface area (Å²) in [5, 5.41) is 10.0. The van der Waals surface area contributed by atoms with Crippen LogP contribution in [0.3, 0.4) is 0 Å². The number of fused-ring (bicyclic) bond motifs is 1. The molecule has 2 N–H and O–H groups in total. The molecule has 30 heavy (non-hydrogen) atoms. The Hall–Kier alpha value is -3.17. The molecule has 6 nitrogen and oxygen atoms in total. The van der Waals surface area contributed by atoms with Crippen molar-refractivity contribution in [1.82, 2.24) is 15.1 Å². The summed E-state index contributed by atoms with van der Waals surface area (Å²) in [5.74, 6) is -2.78. The van der Waals surface area contributed by atoms with Crippen LogP contribution in [0.2, 0.25) is 0 Å². The fourth-order valence-electron chi connectivity index (χ4n) is 3.22. The molecule has 0 radical (unpaired) electrons. The molecule has 0 saturated carbocycles. The van der Waals surface area contributed by atoms with Crippen LogP contribution in [0.5, 0.6) is 0 Å². The van der Waals surface area contributed by atoms with Gasteiger partial charge in [0.1, 0.15) is 5.82 Å². The van der Waals surface area contributed by atoms with Gasteiger partial charge in [0.2, 0.25) is 5.91 Å². The van der Waals surface area contributed by atoms with E-state index in [4.69, 9.17) is 4.74 Å². The number of rotatable bonds is 5. The third kappa shape index (κ3) is 4.52. The number of aromatic nitrogens is 2. The molecule has 3 aromatic rings. The number of anilines is 1. The van der Waals surface area contributed by atoms with Gasteiger partial charge in [-0.25, -0.2) is 13.2 Å². The molecule has 1 aromatic heterocycles. The number of aromatic amines is 1. The van der Waals surface area contributed by atoms with Crippen LogP contribution in [0.1, 0.15) is 11.3 Å². The lowest BCUT2D eigenvalue weighted by Gasteiger charge is -2.25. The first-order chi connectivity index (χ1) is 14.5. The van der Waals surface area contributed by atoms with Gasteiger partial charge in [-0.05, 0) is 29.8 Å². The monoisotopic (exact) mass is 416 g/mol. The highest BCUT2D eigenvalue weighted by Gasteiger charge is 2.16. The largest absolute Gasteiger partial charge is 0.379 e. The average molecular weight is 416 g/mol. The molecule has 1 saturated heterocycles. The van der Waals surface area contributed by atoms with Gasteiger partial charge in [0, 0.05) is 24.5 Å². The van der Waals surface area contributed by atoms with E-state index in [1.54, 1.807) is 12.2 Å². The van der Waals surface area contributed by atoms with Crippen LogP contribution in [0.15, 0.2) is 30.3 Å². The minimum absolute atomic E-state index is 0.0460. The van der Waals surface area contributed by atoms with Crippen molar-refractivity contribution in [3.05, 3.63) is 59.0 Å². The van der Waals surface area contributed by atoms with Gasteiger partial charge >= 0.3 is 0 Å². The number of nitrogens with one attached hydrogen (secondary N) is 2. The van der Waals surface area contributed by atoms with Gasteiger partial charge in [-0.2, -0.15) is 5.10 Å². The third-order valence-corrected chi connectivity index (χ3v) is 4.80. The predicted octanol–water partition coefficient (Wildman–Crippen LogP) is 3.42. The van der Waals surface area contributed by atoms with E-state index in [9.17, 15) is 18.0 Å². The number of hydrogen-bond donors (Lipinski definition) is 2. The summed E-state index contributed by atoms with van der Waals surface area (Å²) in [6.07, 6.45) is 3.17. The number of ether oxygens (including phenoxy) is 1. The lowest BCUT2D eigenvalue weighted by Crippen LogP contribution is -2.41. The zero-order valence-electron chi connectivity index (χ0n) is 15.9. The van der Waals surface area contributed by atoms with Gasteiger partial charge in [0.25, 0.3) is 0 Å². The van der Waals surface area contributed by atoms with E-state index < -0.39 is 17.5 Å². The Morgan fingerprint density at radius 3 is 2.67 bits per heavy atom. The Morgan fingerprint density at radius 1 is 1.10 bits per heavy atom. The molecule has 0 atom stereocenters. The summed E-state index contributed by atoms with van der Waals surface area (Å²) in [4.78, 5) is 14.2. The highest BCUT2D eigenvalue weighted by Crippen LogP contribution is 2.25. The fraction of sp³-hybridized carbons (Fsp3) is 0.238. The summed E-state index contributed by atoms with van der Waals surface area (Å²) in [6, 6.07) is 6.28. The molecule has 2 heterocycles. The molecule has 0 aliphatic carbocycles. The molecule has 1 amide bonds. The topological polar surface area (TPSA) is 70.2 Å². The van der Waals surface area contributed by atoms with Crippen molar-refractivity contribution in [2.75, 3.05) is 38.2 Å². The number of amides is 1. The smallest absolute Gasteiger partial charge is 0.238 e. The van der Waals surface area contributed by atoms with Crippen molar-refractivity contribution in [1.29, 1.82) is 0 Å². The number of nitrogens with zero attached hydrogens (tertiary/aromatic N) is 2. The second-order valence-corrected chi connectivity index (χ2v) is 6.93. The van der Waals surface area contributed by atoms with Crippen LogP contribution in [0.4, 0.5) is 18.9 Å². The number of halogens is 3. The number of H-pyrrole nitrogens is 1. The van der Waals surface area contributed by atoms with Crippen molar-refractivity contribution >= 4 is 34.6 Å². The average Bonchev–Trinajstić information content (AvgIpc) is 3.11. The van der Waals surface area contributed by atoms with Crippen LogP contribution >= 0.6 is 0 Å². The molecule has 1 fully saturated rings. The van der Waals surface area contributed by atoms with Crippen LogP contribution in [-0.2, 0) is 9.53 Å². The van der Waals surface area contributed by atoms with E-state index >= 15 is 0 Å². The molecule has 4 rings (SSSR count). The van der Waals surface area contributed by atoms with E-state index in [1.807, 2.05) is 4.90 Å². The summed E-state index contributed by atoms with van der Waals surface area (Å²) in [5.41, 5.74) is 1.41. The molecule has 9 heteroatoms. The standard InChI is InChI=1S/C21H19F3N4O2/c22-15-3-1-13(9-16(15)23)2-4-18-14-10-20(17(24)11-19(14)27-26-18)25-21(29)12-28-5-7-30-8-6-28/h1-4,9-11H,5-8,12H2,(H,25,29)(H,26,27)/b4-2+. The molecule has 0 unspecified atom stereocenters. The Morgan fingerprint density at radius 2 is 1.90 bits per heavy atom. The van der Waals surface area contributed by atoms with Crippen molar-refractivity contribution in [3.8, 4) is 0 Å². The first-order valence-electron chi connectivity index (χ1n) is 9.40. The van der Waals surface area contributed by atoms with E-state index in [1.165, 1.54) is 18.2 Å². The zero-order valence-corrected chi connectivity index (χ0v) is 15.9. The summed E-state index contributed by atoms with van der Waals surface area (Å²) in [7, 11) is 0. The number of morpholine rings is 1. The first kappa shape index (κ1) is 20.1. The molecule has 1 aliphatic heterocycles. The summed E-state index contributed by atoms with van der Waals surface area (Å²) in [6.45, 7) is 2.58. The van der Waals surface area contributed by atoms with Gasteiger partial charge < -0.3 is 10.1 Å². The molecule has 0 spiro atoms. The number of carbonyl (C=O) groups excluding carboxylic acids is 1. The number of benzene rings is 2. The predicted molar refractivity (Wildman–Crippen MR) is 107 cm³/mol. The zero-order chi connectivity index (χ0) is 21.1. The van der Waals surface area contributed by atoms with Gasteiger partial charge in [-0.15, -0.1) is 0 Å². The minimum atomic E-state index is -0.948. The second kappa shape index (κ2) is 8.68. The normalized spacial score (nSPS) is 15.2. The van der Waals surface area contributed by atoms with Crippen LogP contribution in [0.25, 0.3) is 23.1 Å². The highest BCUT2D eigenvalue weighted by molar-refractivity contribution is 5.97. The van der Waals surface area contributed by atoms with Crippen molar-refractivity contribution in [2.45, 2.75) is 0 Å². The quantitative estimate of drug-likeness (QED) is 0.669. The summed E-state index contributed by atoms with van der Waals surface area (Å²) < 4.78 is 46.1. The molecule has 0 bridgehead atoms. The van der Waals surface area contributed by atoms with E-state index in [0.29, 0.717) is 48.5 Å². The second-order valence-electron chi connectivity index (χ2n) is 6.93. The molecule has 2 aromatic carbocycles. The molecule has 156 valence electrons. The van der Waals surface area contributed by atoms with Crippen LogP contribution in [-0.4, -0.2) is 53.9 Å². The van der Waals surface area contributed by atoms with Gasteiger partial charge in [0.05, 0.1) is 36.7 Å². The lowest BCUT2D eigenvalue weighted by molar-refractivity contribution is -0.118. The Kier molecular flexibility index (Phi) is 5.82. The Bertz CT molecular complexity index is 1110. The minimum Gasteiger partial charge on any atom is -0.379 e. The maximum atomic E-state index is 14.4. The molecule has 1 aliphatic rings. The van der Waals surface area contributed by atoms with E-state index in [0.717, 1.165) is 12.1 Å². The lowest BCUT2D eigenvalue weighted by atomic mass is 10.1. The van der Waals surface area contributed by atoms with Crippen LogP contribution in [0, 0.1) is 17.5 Å². The molecular weight excluding hydrogens is 397 g/mol. The fourth-order valence-corrected chi connectivity index (χ4v) is 3.22. The summed E-state index contributed by atoms with van der Waals surface area (Å²) >= 11 is 0. The number of hydrogen-bond acceptors (Lipinski definition) is 4. The Labute approximate surface area is 170 Å². The molecular formula is C21H19F3N4O2. The Balaban J connectivity index is 1.53.